The number of carbonyl (C=O) groups excluding carboxylic acids is 1. The summed E-state index contributed by atoms with van der Waals surface area (Å²) < 4.78 is 5.69. The van der Waals surface area contributed by atoms with Gasteiger partial charge in [-0.15, -0.1) is 11.8 Å². The van der Waals surface area contributed by atoms with Crippen LogP contribution in [0.4, 0.5) is 5.69 Å². The van der Waals surface area contributed by atoms with E-state index >= 15 is 0 Å². The minimum Gasteiger partial charge on any atom is -0.481 e. The van der Waals surface area contributed by atoms with E-state index in [1.54, 1.807) is 11.8 Å². The highest BCUT2D eigenvalue weighted by Crippen LogP contribution is 2.24. The Hall–Kier alpha value is -2.53. The fourth-order valence-electron chi connectivity index (χ4n) is 2.38. The molecule has 4 nitrogen and oxygen atoms in total. The fraction of sp³-hybridized carbons (Fsp3) is 0.158. The number of aromatic nitrogens is 1. The van der Waals surface area contributed by atoms with Gasteiger partial charge in [0.2, 0.25) is 0 Å². The summed E-state index contributed by atoms with van der Waals surface area (Å²) in [7, 11) is 0. The van der Waals surface area contributed by atoms with Crippen molar-refractivity contribution in [1.29, 1.82) is 0 Å². The smallest absolute Gasteiger partial charge is 0.262 e. The summed E-state index contributed by atoms with van der Waals surface area (Å²) in [5.41, 5.74) is 2.45. The number of rotatable bonds is 5. The Morgan fingerprint density at radius 2 is 2.00 bits per heavy atom. The van der Waals surface area contributed by atoms with Gasteiger partial charge in [-0.3, -0.25) is 4.79 Å². The predicted octanol–water partition coefficient (Wildman–Crippen LogP) is 4.28. The van der Waals surface area contributed by atoms with Crippen molar-refractivity contribution in [1.82, 2.24) is 4.98 Å². The molecule has 0 atom stereocenters. The maximum atomic E-state index is 12.1. The van der Waals surface area contributed by atoms with Crippen LogP contribution < -0.4 is 10.1 Å². The number of amides is 1. The molecule has 24 heavy (non-hydrogen) atoms. The molecule has 3 rings (SSSR count). The summed E-state index contributed by atoms with van der Waals surface area (Å²) in [6.07, 6.45) is 2.00. The Bertz CT molecular complexity index is 880. The first kappa shape index (κ1) is 16.3. The van der Waals surface area contributed by atoms with Crippen LogP contribution in [0.5, 0.6) is 5.75 Å². The van der Waals surface area contributed by atoms with E-state index in [4.69, 9.17) is 4.74 Å². The lowest BCUT2D eigenvalue weighted by atomic mass is 10.2. The Morgan fingerprint density at radius 1 is 1.17 bits per heavy atom. The third-order valence-corrected chi connectivity index (χ3v) is 4.26. The molecule has 0 saturated heterocycles. The second-order valence-corrected chi connectivity index (χ2v) is 6.23. The molecule has 0 aliphatic heterocycles. The summed E-state index contributed by atoms with van der Waals surface area (Å²) in [6, 6.07) is 17.4. The molecule has 0 unspecified atom stereocenters. The molecule has 1 heterocycles. The van der Waals surface area contributed by atoms with Gasteiger partial charge < -0.3 is 10.1 Å². The summed E-state index contributed by atoms with van der Waals surface area (Å²) >= 11 is 1.63. The summed E-state index contributed by atoms with van der Waals surface area (Å²) in [4.78, 5) is 17.7. The van der Waals surface area contributed by atoms with Crippen LogP contribution in [-0.4, -0.2) is 23.8 Å². The zero-order valence-electron chi connectivity index (χ0n) is 13.6. The molecule has 3 aromatic rings. The van der Waals surface area contributed by atoms with E-state index in [0.717, 1.165) is 27.2 Å². The largest absolute Gasteiger partial charge is 0.481 e. The molecule has 0 fully saturated rings. The van der Waals surface area contributed by atoms with Crippen LogP contribution in [0.25, 0.3) is 10.9 Å². The number of pyridine rings is 1. The standard InChI is InChI=1S/C19H18N2O2S/c1-13-9-10-14-5-3-8-17(19(14)20-13)23-12-18(22)21-15-6-4-7-16(11-15)24-2/h3-11H,12H2,1-2H3,(H,21,22). The van der Waals surface area contributed by atoms with Crippen molar-refractivity contribution >= 4 is 34.3 Å². The lowest BCUT2D eigenvalue weighted by Gasteiger charge is -2.10. The van der Waals surface area contributed by atoms with Crippen LogP contribution in [0, 0.1) is 6.92 Å². The first-order valence-corrected chi connectivity index (χ1v) is 8.81. The van der Waals surface area contributed by atoms with Crippen molar-refractivity contribution in [3.63, 3.8) is 0 Å². The van der Waals surface area contributed by atoms with Crippen molar-refractivity contribution in [2.24, 2.45) is 0 Å². The normalized spacial score (nSPS) is 10.6. The average Bonchev–Trinajstić information content (AvgIpc) is 2.60. The number of nitrogens with one attached hydrogen (secondary N) is 1. The Balaban J connectivity index is 1.69. The van der Waals surface area contributed by atoms with Crippen LogP contribution in [0.2, 0.25) is 0 Å². The van der Waals surface area contributed by atoms with Gasteiger partial charge in [0.05, 0.1) is 0 Å². The molecule has 0 aliphatic rings. The van der Waals surface area contributed by atoms with Crippen molar-refractivity contribution in [2.45, 2.75) is 11.8 Å². The molecule has 2 aromatic carbocycles. The van der Waals surface area contributed by atoms with Crippen LogP contribution in [-0.2, 0) is 4.79 Å². The number of para-hydroxylation sites is 1. The minimum absolute atomic E-state index is 0.0573. The van der Waals surface area contributed by atoms with Crippen molar-refractivity contribution in [2.75, 3.05) is 18.2 Å². The van der Waals surface area contributed by atoms with Crippen molar-refractivity contribution in [3.8, 4) is 5.75 Å². The number of carbonyl (C=O) groups is 1. The quantitative estimate of drug-likeness (QED) is 0.705. The van der Waals surface area contributed by atoms with E-state index in [9.17, 15) is 4.79 Å². The minimum atomic E-state index is -0.196. The maximum absolute atomic E-state index is 12.1. The third-order valence-electron chi connectivity index (χ3n) is 3.53. The van der Waals surface area contributed by atoms with Crippen molar-refractivity contribution in [3.05, 3.63) is 60.3 Å². The summed E-state index contributed by atoms with van der Waals surface area (Å²) in [5.74, 6) is 0.419. The van der Waals surface area contributed by atoms with Crippen LogP contribution in [0.3, 0.4) is 0 Å². The van der Waals surface area contributed by atoms with E-state index in [2.05, 4.69) is 10.3 Å². The molecule has 0 radical (unpaired) electrons. The lowest BCUT2D eigenvalue weighted by Crippen LogP contribution is -2.20. The van der Waals surface area contributed by atoms with Gasteiger partial charge in [0.1, 0.15) is 11.3 Å². The zero-order chi connectivity index (χ0) is 16.9. The Morgan fingerprint density at radius 3 is 2.83 bits per heavy atom. The Labute approximate surface area is 145 Å². The second kappa shape index (κ2) is 7.36. The van der Waals surface area contributed by atoms with E-state index in [1.807, 2.05) is 67.8 Å². The number of hydrogen-bond donors (Lipinski definition) is 1. The summed E-state index contributed by atoms with van der Waals surface area (Å²) in [5, 5.41) is 3.84. The van der Waals surface area contributed by atoms with Gasteiger partial charge >= 0.3 is 0 Å². The number of ether oxygens (including phenoxy) is 1. The number of aryl methyl sites for hydroxylation is 1. The van der Waals surface area contributed by atoms with Gasteiger partial charge in [0.25, 0.3) is 5.91 Å². The number of anilines is 1. The van der Waals surface area contributed by atoms with Gasteiger partial charge in [-0.25, -0.2) is 4.98 Å². The zero-order valence-corrected chi connectivity index (χ0v) is 14.4. The molecule has 1 amide bonds. The van der Waals surface area contributed by atoms with Gasteiger partial charge in [-0.1, -0.05) is 24.3 Å². The topological polar surface area (TPSA) is 51.2 Å². The molecule has 1 N–H and O–H groups in total. The van der Waals surface area contributed by atoms with Crippen LogP contribution in [0.15, 0.2) is 59.5 Å². The number of thioether (sulfide) groups is 1. The third kappa shape index (κ3) is 3.86. The molecule has 122 valence electrons. The molecule has 0 aliphatic carbocycles. The number of fused-ring (bicyclic) bond motifs is 1. The summed E-state index contributed by atoms with van der Waals surface area (Å²) in [6.45, 7) is 1.87. The highest BCUT2D eigenvalue weighted by atomic mass is 32.2. The molecule has 0 bridgehead atoms. The SMILES string of the molecule is CSc1cccc(NC(=O)COc2cccc3ccc(C)nc23)c1. The second-order valence-electron chi connectivity index (χ2n) is 5.35. The molecule has 0 saturated carbocycles. The van der Waals surface area contributed by atoms with E-state index < -0.39 is 0 Å². The van der Waals surface area contributed by atoms with E-state index in [0.29, 0.717) is 5.75 Å². The van der Waals surface area contributed by atoms with E-state index in [-0.39, 0.29) is 12.5 Å². The fourth-order valence-corrected chi connectivity index (χ4v) is 2.83. The van der Waals surface area contributed by atoms with Crippen LogP contribution >= 0.6 is 11.8 Å². The molecule has 1 aromatic heterocycles. The monoisotopic (exact) mass is 338 g/mol. The van der Waals surface area contributed by atoms with Gasteiger partial charge in [-0.2, -0.15) is 0 Å². The number of benzene rings is 2. The Kier molecular flexibility index (Phi) is 5.01. The van der Waals surface area contributed by atoms with Crippen LogP contribution in [0.1, 0.15) is 5.69 Å². The van der Waals surface area contributed by atoms with Gasteiger partial charge in [-0.05, 0) is 43.5 Å². The maximum Gasteiger partial charge on any atom is 0.262 e. The number of nitrogens with zero attached hydrogens (tertiary/aromatic N) is 1. The molecular formula is C19H18N2O2S. The highest BCUT2D eigenvalue weighted by molar-refractivity contribution is 7.98. The molecule has 5 heteroatoms. The number of hydrogen-bond acceptors (Lipinski definition) is 4. The predicted molar refractivity (Wildman–Crippen MR) is 98.8 cm³/mol. The lowest BCUT2D eigenvalue weighted by molar-refractivity contribution is -0.118. The average molecular weight is 338 g/mol. The highest BCUT2D eigenvalue weighted by Gasteiger charge is 2.08. The first-order valence-electron chi connectivity index (χ1n) is 7.59. The van der Waals surface area contributed by atoms with Crippen molar-refractivity contribution < 1.29 is 9.53 Å². The van der Waals surface area contributed by atoms with E-state index in [1.165, 1.54) is 0 Å². The van der Waals surface area contributed by atoms with Gasteiger partial charge in [0.15, 0.2) is 6.61 Å². The molecule has 0 spiro atoms. The molecular weight excluding hydrogens is 320 g/mol. The van der Waals surface area contributed by atoms with Gasteiger partial charge in [0, 0.05) is 21.7 Å². The first-order chi connectivity index (χ1) is 11.7.